The number of rotatable bonds is 3. The summed E-state index contributed by atoms with van der Waals surface area (Å²) >= 11 is 11.8. The van der Waals surface area contributed by atoms with Crippen molar-refractivity contribution in [3.05, 3.63) is 52.0 Å². The number of likely N-dealkylation sites (N-methyl/N-ethyl adjacent to an activating group) is 1. The van der Waals surface area contributed by atoms with Crippen LogP contribution < -0.4 is 9.62 Å². The molecule has 0 spiro atoms. The van der Waals surface area contributed by atoms with E-state index in [4.69, 9.17) is 23.2 Å². The molecule has 0 unspecified atom stereocenters. The van der Waals surface area contributed by atoms with Crippen molar-refractivity contribution in [1.82, 2.24) is 0 Å². The molecule has 8 heteroatoms. The van der Waals surface area contributed by atoms with E-state index in [0.29, 0.717) is 10.6 Å². The van der Waals surface area contributed by atoms with Crippen LogP contribution in [0.3, 0.4) is 0 Å². The summed E-state index contributed by atoms with van der Waals surface area (Å²) in [4.78, 5) is 13.3. The molecule has 0 radical (unpaired) electrons. The number of anilines is 2. The van der Waals surface area contributed by atoms with Crippen LogP contribution in [-0.2, 0) is 21.2 Å². The topological polar surface area (TPSA) is 66.5 Å². The number of nitrogens with one attached hydrogen (secondary N) is 1. The monoisotopic (exact) mass is 370 g/mol. The zero-order valence-electron chi connectivity index (χ0n) is 12.0. The summed E-state index contributed by atoms with van der Waals surface area (Å²) in [6.07, 6.45) is 0.191. The number of hydrogen-bond donors (Lipinski definition) is 1. The van der Waals surface area contributed by atoms with Gasteiger partial charge in [-0.1, -0.05) is 23.2 Å². The molecule has 0 atom stereocenters. The molecule has 1 heterocycles. The highest BCUT2D eigenvalue weighted by atomic mass is 35.5. The molecule has 2 aromatic rings. The maximum atomic E-state index is 12.5. The molecule has 0 saturated heterocycles. The summed E-state index contributed by atoms with van der Waals surface area (Å²) in [5, 5.41) is 0.620. The summed E-state index contributed by atoms with van der Waals surface area (Å²) in [6, 6.07) is 9.08. The molecule has 0 aliphatic carbocycles. The molecule has 23 heavy (non-hydrogen) atoms. The van der Waals surface area contributed by atoms with Crippen LogP contribution in [-0.4, -0.2) is 21.4 Å². The second-order valence-corrected chi connectivity index (χ2v) is 7.68. The van der Waals surface area contributed by atoms with Crippen LogP contribution in [0.25, 0.3) is 0 Å². The number of sulfonamides is 1. The molecule has 2 aromatic carbocycles. The minimum absolute atomic E-state index is 0.0664. The second-order valence-electron chi connectivity index (χ2n) is 5.15. The van der Waals surface area contributed by atoms with E-state index in [0.717, 1.165) is 5.69 Å². The maximum Gasteiger partial charge on any atom is 0.261 e. The lowest BCUT2D eigenvalue weighted by Crippen LogP contribution is -2.20. The average Bonchev–Trinajstić information content (AvgIpc) is 2.77. The van der Waals surface area contributed by atoms with Gasteiger partial charge in [0.25, 0.3) is 10.0 Å². The molecule has 1 aliphatic heterocycles. The first kappa shape index (κ1) is 16.1. The number of amides is 1. The first-order chi connectivity index (χ1) is 10.8. The van der Waals surface area contributed by atoms with E-state index in [1.165, 1.54) is 29.2 Å². The number of halogens is 2. The Morgan fingerprint density at radius 1 is 1.13 bits per heavy atom. The van der Waals surface area contributed by atoms with Crippen molar-refractivity contribution in [2.75, 3.05) is 16.7 Å². The second kappa shape index (κ2) is 5.70. The average molecular weight is 371 g/mol. The van der Waals surface area contributed by atoms with E-state index in [-0.39, 0.29) is 27.9 Å². The van der Waals surface area contributed by atoms with Gasteiger partial charge in [-0.2, -0.15) is 0 Å². The fraction of sp³-hybridized carbons (Fsp3) is 0.133. The summed E-state index contributed by atoms with van der Waals surface area (Å²) in [5.41, 5.74) is 1.64. The smallest absolute Gasteiger partial charge is 0.261 e. The standard InChI is InChI=1S/C15H12Cl2N2O3S/c1-19-14-5-3-11(6-9(14)7-15(19)20)23(21,22)18-13-4-2-10(16)8-12(13)17/h2-6,8,18H,7H2,1H3. The third kappa shape index (κ3) is 3.02. The van der Waals surface area contributed by atoms with Gasteiger partial charge in [-0.3, -0.25) is 9.52 Å². The Balaban J connectivity index is 1.95. The summed E-state index contributed by atoms with van der Waals surface area (Å²) in [6.45, 7) is 0. The number of benzene rings is 2. The third-order valence-electron chi connectivity index (χ3n) is 3.61. The minimum atomic E-state index is -3.81. The first-order valence-electron chi connectivity index (χ1n) is 6.65. The summed E-state index contributed by atoms with van der Waals surface area (Å²) in [7, 11) is -2.15. The molecule has 120 valence electrons. The first-order valence-corrected chi connectivity index (χ1v) is 8.89. The maximum absolute atomic E-state index is 12.5. The highest BCUT2D eigenvalue weighted by Gasteiger charge is 2.26. The van der Waals surface area contributed by atoms with Crippen molar-refractivity contribution in [1.29, 1.82) is 0 Å². The SMILES string of the molecule is CN1C(=O)Cc2cc(S(=O)(=O)Nc3ccc(Cl)cc3Cl)ccc21. The van der Waals surface area contributed by atoms with Crippen molar-refractivity contribution >= 4 is 50.5 Å². The molecule has 1 N–H and O–H groups in total. The lowest BCUT2D eigenvalue weighted by molar-refractivity contribution is -0.117. The molecule has 0 fully saturated rings. The number of nitrogens with zero attached hydrogens (tertiary/aromatic N) is 1. The fourth-order valence-electron chi connectivity index (χ4n) is 2.39. The Kier molecular flexibility index (Phi) is 4.00. The van der Waals surface area contributed by atoms with E-state index in [2.05, 4.69) is 4.72 Å². The lowest BCUT2D eigenvalue weighted by Gasteiger charge is -2.12. The van der Waals surface area contributed by atoms with Gasteiger partial charge in [-0.25, -0.2) is 8.42 Å². The summed E-state index contributed by atoms with van der Waals surface area (Å²) < 4.78 is 27.4. The Morgan fingerprint density at radius 3 is 2.57 bits per heavy atom. The number of carbonyl (C=O) groups excluding carboxylic acids is 1. The van der Waals surface area contributed by atoms with Crippen LogP contribution in [0.15, 0.2) is 41.3 Å². The highest BCUT2D eigenvalue weighted by Crippen LogP contribution is 2.31. The van der Waals surface area contributed by atoms with Crippen LogP contribution in [0.5, 0.6) is 0 Å². The van der Waals surface area contributed by atoms with Gasteiger partial charge in [0.05, 0.1) is 22.0 Å². The van der Waals surface area contributed by atoms with Gasteiger partial charge in [-0.05, 0) is 42.0 Å². The Labute approximate surface area is 143 Å². The zero-order valence-corrected chi connectivity index (χ0v) is 14.3. The molecule has 0 saturated carbocycles. The van der Waals surface area contributed by atoms with Crippen LogP contribution in [0.2, 0.25) is 10.0 Å². The fourth-order valence-corrected chi connectivity index (χ4v) is 4.03. The van der Waals surface area contributed by atoms with E-state index in [9.17, 15) is 13.2 Å². The molecule has 0 bridgehead atoms. The van der Waals surface area contributed by atoms with Gasteiger partial charge < -0.3 is 4.90 Å². The molecule has 1 amide bonds. The molecular formula is C15H12Cl2N2O3S. The van der Waals surface area contributed by atoms with Gasteiger partial charge in [-0.15, -0.1) is 0 Å². The van der Waals surface area contributed by atoms with E-state index in [1.54, 1.807) is 19.2 Å². The molecule has 0 aromatic heterocycles. The zero-order chi connectivity index (χ0) is 16.8. The van der Waals surface area contributed by atoms with Gasteiger partial charge in [0.2, 0.25) is 5.91 Å². The highest BCUT2D eigenvalue weighted by molar-refractivity contribution is 7.92. The Bertz CT molecular complexity index is 913. The van der Waals surface area contributed by atoms with Crippen LogP contribution >= 0.6 is 23.2 Å². The largest absolute Gasteiger partial charge is 0.315 e. The number of hydrogen-bond acceptors (Lipinski definition) is 3. The van der Waals surface area contributed by atoms with Crippen molar-refractivity contribution in [2.45, 2.75) is 11.3 Å². The van der Waals surface area contributed by atoms with Gasteiger partial charge in [0.1, 0.15) is 0 Å². The Hall–Kier alpha value is -1.76. The van der Waals surface area contributed by atoms with E-state index in [1.807, 2.05) is 0 Å². The molecular weight excluding hydrogens is 359 g/mol. The number of carbonyl (C=O) groups is 1. The normalized spacial score (nSPS) is 14.0. The predicted molar refractivity (Wildman–Crippen MR) is 90.8 cm³/mol. The van der Waals surface area contributed by atoms with E-state index < -0.39 is 10.0 Å². The molecule has 1 aliphatic rings. The van der Waals surface area contributed by atoms with Crippen LogP contribution in [0, 0.1) is 0 Å². The van der Waals surface area contributed by atoms with Gasteiger partial charge in [0.15, 0.2) is 0 Å². The molecule has 5 nitrogen and oxygen atoms in total. The Morgan fingerprint density at radius 2 is 1.87 bits per heavy atom. The van der Waals surface area contributed by atoms with Crippen molar-refractivity contribution in [3.8, 4) is 0 Å². The van der Waals surface area contributed by atoms with Crippen LogP contribution in [0.4, 0.5) is 11.4 Å². The third-order valence-corrected chi connectivity index (χ3v) is 5.52. The lowest BCUT2D eigenvalue weighted by atomic mass is 10.2. The summed E-state index contributed by atoms with van der Waals surface area (Å²) in [5.74, 6) is -0.0664. The van der Waals surface area contributed by atoms with Crippen molar-refractivity contribution < 1.29 is 13.2 Å². The number of fused-ring (bicyclic) bond motifs is 1. The predicted octanol–water partition coefficient (Wildman–Crippen LogP) is 3.31. The van der Waals surface area contributed by atoms with Crippen molar-refractivity contribution in [2.24, 2.45) is 0 Å². The van der Waals surface area contributed by atoms with Gasteiger partial charge in [0, 0.05) is 17.8 Å². The molecule has 3 rings (SSSR count). The minimum Gasteiger partial charge on any atom is -0.315 e. The van der Waals surface area contributed by atoms with Gasteiger partial charge >= 0.3 is 0 Å². The quantitative estimate of drug-likeness (QED) is 0.900. The van der Waals surface area contributed by atoms with E-state index >= 15 is 0 Å². The van der Waals surface area contributed by atoms with Crippen LogP contribution in [0.1, 0.15) is 5.56 Å². The van der Waals surface area contributed by atoms with Crippen molar-refractivity contribution in [3.63, 3.8) is 0 Å².